The van der Waals surface area contributed by atoms with E-state index in [2.05, 4.69) is 58.2 Å². The summed E-state index contributed by atoms with van der Waals surface area (Å²) in [5.41, 5.74) is 7.79. The van der Waals surface area contributed by atoms with E-state index in [9.17, 15) is 4.79 Å². The molecule has 40 heavy (non-hydrogen) atoms. The molecule has 2 amide bonds. The number of primary amides is 1. The number of hydrogen-bond acceptors (Lipinski definition) is 6. The van der Waals surface area contributed by atoms with Crippen molar-refractivity contribution in [2.75, 3.05) is 44.6 Å². The maximum absolute atomic E-state index is 13.4. The second-order valence-corrected chi connectivity index (χ2v) is 9.85. The minimum Gasteiger partial charge on any atom is -0.372 e. The largest absolute Gasteiger partial charge is 0.372 e. The molecule has 2 aromatic heterocycles. The van der Waals surface area contributed by atoms with Crippen molar-refractivity contribution < 1.29 is 9.59 Å². The second-order valence-electron chi connectivity index (χ2n) is 9.85. The quantitative estimate of drug-likeness (QED) is 0.203. The van der Waals surface area contributed by atoms with Crippen LogP contribution in [0.25, 0.3) is 22.4 Å². The number of hydrogen-bond donors (Lipinski definition) is 3. The van der Waals surface area contributed by atoms with Crippen molar-refractivity contribution in [3.8, 4) is 11.4 Å². The van der Waals surface area contributed by atoms with Crippen molar-refractivity contribution >= 4 is 29.2 Å². The molecule has 3 heterocycles. The van der Waals surface area contributed by atoms with Gasteiger partial charge in [-0.15, -0.1) is 0 Å². The maximum Gasteiger partial charge on any atom is 0.270 e. The van der Waals surface area contributed by atoms with E-state index in [1.807, 2.05) is 41.3 Å². The van der Waals surface area contributed by atoms with E-state index in [1.54, 1.807) is 0 Å². The number of nitrogens with two attached hydrogens (primary N) is 1. The molecule has 210 valence electrons. The monoisotopic (exact) mass is 541 g/mol. The first-order valence-corrected chi connectivity index (χ1v) is 14.0. The fourth-order valence-electron chi connectivity index (χ4n) is 4.87. The van der Waals surface area contributed by atoms with Gasteiger partial charge in [0.1, 0.15) is 17.2 Å². The van der Waals surface area contributed by atoms with Crippen molar-refractivity contribution in [2.45, 2.75) is 32.6 Å². The zero-order valence-electron chi connectivity index (χ0n) is 23.2. The third kappa shape index (κ3) is 7.66. The number of fused-ring (bicyclic) bond motifs is 1. The lowest BCUT2D eigenvalue weighted by atomic mass is 10.1. The number of aryl methyl sites for hydroxylation is 1. The van der Waals surface area contributed by atoms with Gasteiger partial charge in [0.25, 0.3) is 5.91 Å². The van der Waals surface area contributed by atoms with E-state index in [0.717, 1.165) is 68.9 Å². The van der Waals surface area contributed by atoms with Crippen LogP contribution in [0.1, 0.15) is 42.2 Å². The SMILES string of the molecule is CCCNc1nc(-c2ccccc2)nc2[nH]c(C(=O)N3CCN(CCCCc4ccccc4)CC3)cc12.NC=O. The lowest BCUT2D eigenvalue weighted by molar-refractivity contribution is -0.106. The zero-order valence-corrected chi connectivity index (χ0v) is 23.2. The second kappa shape index (κ2) is 14.8. The summed E-state index contributed by atoms with van der Waals surface area (Å²) in [4.78, 5) is 39.2. The number of piperazine rings is 1. The molecule has 2 aromatic carbocycles. The van der Waals surface area contributed by atoms with Gasteiger partial charge >= 0.3 is 0 Å². The number of H-pyrrole nitrogens is 1. The molecule has 1 aliphatic rings. The molecule has 0 radical (unpaired) electrons. The van der Waals surface area contributed by atoms with Crippen LogP contribution in [0.4, 0.5) is 5.82 Å². The Labute approximate surface area is 235 Å². The minimum absolute atomic E-state index is 0.0319. The number of nitrogens with zero attached hydrogens (tertiary/aromatic N) is 4. The lowest BCUT2D eigenvalue weighted by Crippen LogP contribution is -2.48. The Morgan fingerprint density at radius 2 is 1.68 bits per heavy atom. The first kappa shape index (κ1) is 28.8. The third-order valence-electron chi connectivity index (χ3n) is 6.98. The number of carbonyl (C=O) groups excluding carboxylic acids is 2. The highest BCUT2D eigenvalue weighted by Crippen LogP contribution is 2.26. The number of aromatic nitrogens is 3. The van der Waals surface area contributed by atoms with Crippen LogP contribution in [0.5, 0.6) is 0 Å². The average Bonchev–Trinajstić information content (AvgIpc) is 3.44. The predicted octanol–water partition coefficient (Wildman–Crippen LogP) is 4.33. The van der Waals surface area contributed by atoms with Crippen LogP contribution in [0.3, 0.4) is 0 Å². The molecule has 1 aliphatic heterocycles. The summed E-state index contributed by atoms with van der Waals surface area (Å²) in [7, 11) is 0. The number of carbonyl (C=O) groups is 2. The van der Waals surface area contributed by atoms with Crippen LogP contribution >= 0.6 is 0 Å². The predicted molar refractivity (Wildman–Crippen MR) is 160 cm³/mol. The molecule has 1 saturated heterocycles. The van der Waals surface area contributed by atoms with Gasteiger partial charge in [-0.1, -0.05) is 67.6 Å². The first-order valence-electron chi connectivity index (χ1n) is 14.0. The lowest BCUT2D eigenvalue weighted by Gasteiger charge is -2.34. The number of nitrogens with one attached hydrogen (secondary N) is 2. The molecule has 9 heteroatoms. The van der Waals surface area contributed by atoms with Gasteiger partial charge in [0, 0.05) is 38.3 Å². The van der Waals surface area contributed by atoms with Gasteiger partial charge in [-0.2, -0.15) is 0 Å². The molecule has 9 nitrogen and oxygen atoms in total. The molecule has 0 unspecified atom stereocenters. The van der Waals surface area contributed by atoms with Crippen LogP contribution in [-0.4, -0.2) is 76.3 Å². The van der Waals surface area contributed by atoms with E-state index in [0.29, 0.717) is 17.2 Å². The Hall–Kier alpha value is -4.24. The van der Waals surface area contributed by atoms with Gasteiger partial charge in [0.05, 0.1) is 5.39 Å². The fourth-order valence-corrected chi connectivity index (χ4v) is 4.87. The van der Waals surface area contributed by atoms with Crippen LogP contribution in [0.2, 0.25) is 0 Å². The molecule has 5 rings (SSSR count). The summed E-state index contributed by atoms with van der Waals surface area (Å²) in [6.07, 6.45) is 4.74. The minimum atomic E-state index is 0.0319. The van der Waals surface area contributed by atoms with Crippen LogP contribution in [0, 0.1) is 0 Å². The van der Waals surface area contributed by atoms with E-state index < -0.39 is 0 Å². The Morgan fingerprint density at radius 1 is 1.00 bits per heavy atom. The molecule has 0 bridgehead atoms. The Balaban J connectivity index is 0.00000118. The molecule has 0 aliphatic carbocycles. The van der Waals surface area contributed by atoms with Crippen molar-refractivity contribution in [1.29, 1.82) is 0 Å². The standard InChI is InChI=1S/C30H36N6O.CH3NO/c1-2-16-31-28-25-22-26(32-29(25)34-27(33-28)24-14-7-4-8-15-24)30(37)36-20-18-35(19-21-36)17-10-9-13-23-11-5-3-6-12-23;2-1-3/h3-8,11-12,14-15,22H,2,9-10,13,16-21H2,1H3,(H2,31,32,33,34);1H,(H2,2,3). The summed E-state index contributed by atoms with van der Waals surface area (Å²) >= 11 is 0. The van der Waals surface area contributed by atoms with E-state index >= 15 is 0 Å². The number of rotatable bonds is 10. The summed E-state index contributed by atoms with van der Waals surface area (Å²) < 4.78 is 0. The highest BCUT2D eigenvalue weighted by molar-refractivity contribution is 6.00. The Kier molecular flexibility index (Phi) is 10.6. The average molecular weight is 542 g/mol. The molecular formula is C31H39N7O2. The van der Waals surface area contributed by atoms with Crippen LogP contribution < -0.4 is 11.1 Å². The van der Waals surface area contributed by atoms with Crippen molar-refractivity contribution in [1.82, 2.24) is 24.8 Å². The molecule has 0 atom stereocenters. The van der Waals surface area contributed by atoms with Crippen LogP contribution in [0.15, 0.2) is 66.7 Å². The van der Waals surface area contributed by atoms with Gasteiger partial charge in [-0.05, 0) is 43.9 Å². The summed E-state index contributed by atoms with van der Waals surface area (Å²) in [6.45, 7) is 7.34. The maximum atomic E-state index is 13.4. The van der Waals surface area contributed by atoms with Crippen LogP contribution in [-0.2, 0) is 11.2 Å². The van der Waals surface area contributed by atoms with Gasteiger partial charge in [0.2, 0.25) is 6.41 Å². The molecule has 1 fully saturated rings. The molecule has 0 saturated carbocycles. The number of anilines is 1. The highest BCUT2D eigenvalue weighted by atomic mass is 16.2. The normalized spacial score (nSPS) is 13.5. The third-order valence-corrected chi connectivity index (χ3v) is 6.98. The molecule has 4 N–H and O–H groups in total. The number of amides is 2. The fraction of sp³-hybridized carbons (Fsp3) is 0.355. The van der Waals surface area contributed by atoms with Gasteiger partial charge in [0.15, 0.2) is 5.82 Å². The van der Waals surface area contributed by atoms with Gasteiger partial charge in [-0.3, -0.25) is 14.5 Å². The molecular weight excluding hydrogens is 502 g/mol. The number of benzene rings is 2. The zero-order chi connectivity index (χ0) is 28.2. The van der Waals surface area contributed by atoms with E-state index in [1.165, 1.54) is 18.4 Å². The molecule has 0 spiro atoms. The number of aromatic amines is 1. The topological polar surface area (TPSA) is 120 Å². The summed E-state index contributed by atoms with van der Waals surface area (Å²) in [5.74, 6) is 1.44. The Bertz CT molecular complexity index is 1350. The van der Waals surface area contributed by atoms with E-state index in [-0.39, 0.29) is 12.3 Å². The number of unbranched alkanes of at least 4 members (excludes halogenated alkanes) is 1. The molecule has 4 aromatic rings. The summed E-state index contributed by atoms with van der Waals surface area (Å²) in [6, 6.07) is 22.5. The summed E-state index contributed by atoms with van der Waals surface area (Å²) in [5, 5.41) is 4.27. The smallest absolute Gasteiger partial charge is 0.270 e. The highest BCUT2D eigenvalue weighted by Gasteiger charge is 2.24. The van der Waals surface area contributed by atoms with Gasteiger partial charge < -0.3 is 20.9 Å². The van der Waals surface area contributed by atoms with Gasteiger partial charge in [-0.25, -0.2) is 9.97 Å². The van der Waals surface area contributed by atoms with E-state index in [4.69, 9.17) is 14.8 Å². The first-order chi connectivity index (χ1) is 19.6. The van der Waals surface area contributed by atoms with Crippen molar-refractivity contribution in [3.05, 3.63) is 78.0 Å². The van der Waals surface area contributed by atoms with Crippen molar-refractivity contribution in [2.24, 2.45) is 5.73 Å². The Morgan fingerprint density at radius 3 is 2.35 bits per heavy atom. The van der Waals surface area contributed by atoms with Crippen molar-refractivity contribution in [3.63, 3.8) is 0 Å².